The van der Waals surface area contributed by atoms with E-state index < -0.39 is 29.3 Å². The number of aromatic nitrogens is 2. The van der Waals surface area contributed by atoms with Crippen LogP contribution in [0.3, 0.4) is 0 Å². The van der Waals surface area contributed by atoms with Crippen LogP contribution in [0, 0.1) is 22.7 Å². The van der Waals surface area contributed by atoms with Gasteiger partial charge in [0.05, 0.1) is 0 Å². The third-order valence-corrected chi connectivity index (χ3v) is 1.57. The normalized spacial score (nSPS) is 11.2. The number of alkyl halides is 5. The zero-order valence-corrected chi connectivity index (χ0v) is 8.23. The van der Waals surface area contributed by atoms with Crippen LogP contribution >= 0.6 is 0 Å². The van der Waals surface area contributed by atoms with Crippen molar-refractivity contribution in [3.05, 3.63) is 17.2 Å². The molecule has 0 aliphatic rings. The number of nitriles is 2. The summed E-state index contributed by atoms with van der Waals surface area (Å²) in [6.45, 7) is 0. The predicted octanol–water partition coefficient (Wildman–Crippen LogP) is -1.19. The molecule has 0 aliphatic carbocycles. The summed E-state index contributed by atoms with van der Waals surface area (Å²) in [6, 6.07) is 2.47. The first-order valence-corrected chi connectivity index (χ1v) is 3.59. The van der Waals surface area contributed by atoms with E-state index >= 15 is 0 Å². The molecule has 17 heavy (non-hydrogen) atoms. The molecule has 84 valence electrons. The summed E-state index contributed by atoms with van der Waals surface area (Å²) in [5, 5.41) is 16.7. The van der Waals surface area contributed by atoms with Gasteiger partial charge in [-0.2, -0.15) is 32.5 Å². The number of nitrogens with zero attached hydrogens (tertiary/aromatic N) is 3. The van der Waals surface area contributed by atoms with E-state index in [0.717, 1.165) is 0 Å². The molecule has 0 saturated carbocycles. The monoisotopic (exact) mass is 243 g/mol. The van der Waals surface area contributed by atoms with E-state index in [2.05, 4.69) is 4.98 Å². The maximum atomic E-state index is 12.7. The molecule has 0 aliphatic heterocycles. The maximum Gasteiger partial charge on any atom is 1.00 e. The van der Waals surface area contributed by atoms with Gasteiger partial charge in [-0.1, -0.05) is 0 Å². The molecule has 4 nitrogen and oxygen atoms in total. The van der Waals surface area contributed by atoms with Crippen molar-refractivity contribution in [2.24, 2.45) is 0 Å². The van der Waals surface area contributed by atoms with Crippen LogP contribution in [0.2, 0.25) is 0 Å². The van der Waals surface area contributed by atoms with Gasteiger partial charge in [-0.25, -0.2) is 4.98 Å². The molecule has 0 unspecified atom stereocenters. The number of hydrogen-bond donors (Lipinski definition) is 1. The molecule has 0 atom stereocenters. The van der Waals surface area contributed by atoms with Crippen LogP contribution in [0.5, 0.6) is 0 Å². The SMILES string of the molecule is N#Cc1nc(C(F)(F)C(F)(F)F)[nH]c1C#N.[Li+]. The first-order valence-electron chi connectivity index (χ1n) is 3.59. The molecule has 0 radical (unpaired) electrons. The van der Waals surface area contributed by atoms with Crippen molar-refractivity contribution in [2.75, 3.05) is 0 Å². The Morgan fingerprint density at radius 2 is 1.59 bits per heavy atom. The van der Waals surface area contributed by atoms with Gasteiger partial charge < -0.3 is 4.98 Å². The number of nitrogens with one attached hydrogen (secondary N) is 1. The van der Waals surface area contributed by atoms with E-state index in [1.54, 1.807) is 0 Å². The molecule has 1 N–H and O–H groups in total. The minimum atomic E-state index is -5.84. The van der Waals surface area contributed by atoms with Crippen molar-refractivity contribution >= 4 is 0 Å². The van der Waals surface area contributed by atoms with Crippen LogP contribution in [0.25, 0.3) is 0 Å². The van der Waals surface area contributed by atoms with E-state index in [0.29, 0.717) is 0 Å². The fourth-order valence-corrected chi connectivity index (χ4v) is 0.818. The first-order chi connectivity index (χ1) is 7.24. The minimum Gasteiger partial charge on any atom is -0.327 e. The van der Waals surface area contributed by atoms with Crippen molar-refractivity contribution in [1.29, 1.82) is 10.5 Å². The predicted molar refractivity (Wildman–Crippen MR) is 38.0 cm³/mol. The molecular weight excluding hydrogens is 242 g/mol. The Bertz CT molecular complexity index is 460. The van der Waals surface area contributed by atoms with Gasteiger partial charge in [0.2, 0.25) is 0 Å². The summed E-state index contributed by atoms with van der Waals surface area (Å²) >= 11 is 0. The summed E-state index contributed by atoms with van der Waals surface area (Å²) in [6.07, 6.45) is -5.84. The zero-order chi connectivity index (χ0) is 12.6. The van der Waals surface area contributed by atoms with Gasteiger partial charge >= 0.3 is 31.0 Å². The molecule has 1 heterocycles. The van der Waals surface area contributed by atoms with Gasteiger partial charge in [0, 0.05) is 0 Å². The molecule has 0 amide bonds. The first kappa shape index (κ1) is 15.4. The Balaban J connectivity index is 0.00000256. The van der Waals surface area contributed by atoms with Gasteiger partial charge in [-0.05, 0) is 0 Å². The summed E-state index contributed by atoms with van der Waals surface area (Å²) in [4.78, 5) is 4.19. The summed E-state index contributed by atoms with van der Waals surface area (Å²) < 4.78 is 61.1. The van der Waals surface area contributed by atoms with E-state index in [1.807, 2.05) is 0 Å². The average Bonchev–Trinajstić information content (AvgIpc) is 2.59. The standard InChI is InChI=1S/C7HF5N4.Li/c8-6(9,7(10,11)12)5-15-3(1-13)4(2-14)16-5;/h(H,15,16);/q;+1. The van der Waals surface area contributed by atoms with Crippen LogP contribution < -0.4 is 18.9 Å². The van der Waals surface area contributed by atoms with Crippen LogP contribution in [-0.2, 0) is 5.92 Å². The maximum absolute atomic E-state index is 12.7. The molecule has 10 heteroatoms. The average molecular weight is 243 g/mol. The Morgan fingerprint density at radius 3 is 1.88 bits per heavy atom. The molecule has 0 saturated heterocycles. The number of aromatic amines is 1. The third-order valence-electron chi connectivity index (χ3n) is 1.57. The quantitative estimate of drug-likeness (QED) is 0.497. The number of imidazole rings is 1. The van der Waals surface area contributed by atoms with E-state index in [-0.39, 0.29) is 18.9 Å². The van der Waals surface area contributed by atoms with Crippen LogP contribution in [0.15, 0.2) is 0 Å². The zero-order valence-electron chi connectivity index (χ0n) is 8.23. The molecule has 1 rings (SSSR count). The topological polar surface area (TPSA) is 76.3 Å². The third kappa shape index (κ3) is 2.58. The smallest absolute Gasteiger partial charge is 0.327 e. The molecule has 0 aromatic carbocycles. The van der Waals surface area contributed by atoms with Gasteiger partial charge in [-0.3, -0.25) is 0 Å². The van der Waals surface area contributed by atoms with Crippen molar-refractivity contribution in [2.45, 2.75) is 12.1 Å². The molecule has 1 aromatic heterocycles. The Morgan fingerprint density at radius 1 is 1.06 bits per heavy atom. The van der Waals surface area contributed by atoms with Crippen LogP contribution in [-0.4, -0.2) is 16.1 Å². The van der Waals surface area contributed by atoms with Gasteiger partial charge in [-0.15, -0.1) is 0 Å². The van der Waals surface area contributed by atoms with E-state index in [1.165, 1.54) is 17.1 Å². The summed E-state index contributed by atoms with van der Waals surface area (Å²) in [7, 11) is 0. The van der Waals surface area contributed by atoms with E-state index in [4.69, 9.17) is 10.5 Å². The van der Waals surface area contributed by atoms with Crippen LogP contribution in [0.1, 0.15) is 17.2 Å². The molecule has 0 spiro atoms. The van der Waals surface area contributed by atoms with Crippen molar-refractivity contribution in [1.82, 2.24) is 9.97 Å². The molecular formula is C7HF5LiN4+. The Hall–Kier alpha value is -1.56. The Kier molecular flexibility index (Phi) is 4.31. The molecule has 0 bridgehead atoms. The number of hydrogen-bond acceptors (Lipinski definition) is 3. The van der Waals surface area contributed by atoms with E-state index in [9.17, 15) is 22.0 Å². The number of halogens is 5. The van der Waals surface area contributed by atoms with Gasteiger partial charge in [0.25, 0.3) is 0 Å². The van der Waals surface area contributed by atoms with Crippen molar-refractivity contribution in [3.8, 4) is 12.1 Å². The van der Waals surface area contributed by atoms with Gasteiger partial charge in [0.1, 0.15) is 12.1 Å². The van der Waals surface area contributed by atoms with Crippen molar-refractivity contribution < 1.29 is 40.8 Å². The molecule has 0 fully saturated rings. The second-order valence-electron chi connectivity index (χ2n) is 2.60. The fourth-order valence-electron chi connectivity index (χ4n) is 0.818. The second-order valence-corrected chi connectivity index (χ2v) is 2.60. The van der Waals surface area contributed by atoms with Crippen molar-refractivity contribution in [3.63, 3.8) is 0 Å². The summed E-state index contributed by atoms with van der Waals surface area (Å²) in [5.74, 6) is -7.00. The minimum absolute atomic E-state index is 0. The van der Waals surface area contributed by atoms with Gasteiger partial charge in [0.15, 0.2) is 17.2 Å². The summed E-state index contributed by atoms with van der Waals surface area (Å²) in [5.41, 5.74) is -1.54. The number of H-pyrrole nitrogens is 1. The largest absolute Gasteiger partial charge is 1.00 e. The molecule has 1 aromatic rings. The second kappa shape index (κ2) is 4.75. The fraction of sp³-hybridized carbons (Fsp3) is 0.286. The Labute approximate surface area is 103 Å². The number of rotatable bonds is 1. The van der Waals surface area contributed by atoms with Crippen LogP contribution in [0.4, 0.5) is 22.0 Å².